The lowest BCUT2D eigenvalue weighted by atomic mass is 9.66. The van der Waals surface area contributed by atoms with Crippen molar-refractivity contribution in [2.75, 3.05) is 5.75 Å². The molecule has 0 aromatic rings. The van der Waals surface area contributed by atoms with E-state index in [9.17, 15) is 13.2 Å². The minimum absolute atomic E-state index is 0.0271. The molecule has 0 radical (unpaired) electrons. The summed E-state index contributed by atoms with van der Waals surface area (Å²) in [5, 5.41) is 0. The van der Waals surface area contributed by atoms with Gasteiger partial charge in [-0.3, -0.25) is 4.79 Å². The van der Waals surface area contributed by atoms with Gasteiger partial charge in [-0.2, -0.15) is 0 Å². The van der Waals surface area contributed by atoms with E-state index < -0.39 is 14.5 Å². The van der Waals surface area contributed by atoms with E-state index in [1.165, 1.54) is 0 Å². The van der Waals surface area contributed by atoms with Gasteiger partial charge < -0.3 is 0 Å². The summed E-state index contributed by atoms with van der Waals surface area (Å²) in [6.07, 6.45) is 2.78. The first-order valence-corrected chi connectivity index (χ1v) is 8.08. The second-order valence-electron chi connectivity index (χ2n) is 5.28. The molecule has 1 atom stereocenters. The Morgan fingerprint density at radius 1 is 1.31 bits per heavy atom. The number of rotatable bonds is 4. The van der Waals surface area contributed by atoms with E-state index in [2.05, 4.69) is 0 Å². The fraction of sp³-hybridized carbons (Fsp3) is 0.909. The van der Waals surface area contributed by atoms with Gasteiger partial charge in [0.2, 0.25) is 9.05 Å². The van der Waals surface area contributed by atoms with Gasteiger partial charge >= 0.3 is 0 Å². The number of hydrogen-bond donors (Lipinski definition) is 0. The molecule has 0 heterocycles. The molecule has 0 aromatic heterocycles. The van der Waals surface area contributed by atoms with Gasteiger partial charge in [0.15, 0.2) is 0 Å². The highest BCUT2D eigenvalue weighted by Crippen LogP contribution is 2.54. The molecule has 5 heteroatoms. The predicted molar refractivity (Wildman–Crippen MR) is 65.0 cm³/mol. The van der Waals surface area contributed by atoms with Crippen molar-refractivity contribution in [3.05, 3.63) is 0 Å². The van der Waals surface area contributed by atoms with Crippen LogP contribution in [0.3, 0.4) is 0 Å². The second kappa shape index (κ2) is 4.30. The SMILES string of the molecule is CCC(=O)C1(CS(=O)(=O)Cl)CCCC1(C)C. The van der Waals surface area contributed by atoms with Crippen LogP contribution in [0.25, 0.3) is 0 Å². The molecule has 0 aromatic carbocycles. The van der Waals surface area contributed by atoms with E-state index >= 15 is 0 Å². The van der Waals surface area contributed by atoms with E-state index in [4.69, 9.17) is 10.7 Å². The Morgan fingerprint density at radius 2 is 1.88 bits per heavy atom. The van der Waals surface area contributed by atoms with Crippen molar-refractivity contribution in [2.24, 2.45) is 10.8 Å². The Labute approximate surface area is 102 Å². The Bertz CT molecular complexity index is 386. The van der Waals surface area contributed by atoms with Crippen molar-refractivity contribution < 1.29 is 13.2 Å². The van der Waals surface area contributed by atoms with Crippen LogP contribution in [0.5, 0.6) is 0 Å². The Balaban J connectivity index is 3.18. The molecular formula is C11H19ClO3S. The van der Waals surface area contributed by atoms with Crippen molar-refractivity contribution in [2.45, 2.75) is 46.5 Å². The van der Waals surface area contributed by atoms with Crippen molar-refractivity contribution in [3.8, 4) is 0 Å². The molecule has 1 fully saturated rings. The summed E-state index contributed by atoms with van der Waals surface area (Å²) in [5.41, 5.74) is -1.05. The molecule has 1 aliphatic carbocycles. The molecule has 1 saturated carbocycles. The van der Waals surface area contributed by atoms with Gasteiger partial charge in [-0.15, -0.1) is 0 Å². The van der Waals surface area contributed by atoms with Crippen LogP contribution in [-0.4, -0.2) is 20.0 Å². The van der Waals surface area contributed by atoms with Gasteiger partial charge in [0.1, 0.15) is 5.78 Å². The van der Waals surface area contributed by atoms with Crippen molar-refractivity contribution in [3.63, 3.8) is 0 Å². The van der Waals surface area contributed by atoms with Gasteiger partial charge in [0.25, 0.3) is 0 Å². The number of ketones is 1. The van der Waals surface area contributed by atoms with E-state index in [1.807, 2.05) is 13.8 Å². The summed E-state index contributed by atoms with van der Waals surface area (Å²) in [6.45, 7) is 5.71. The second-order valence-corrected chi connectivity index (χ2v) is 8.06. The zero-order valence-corrected chi connectivity index (χ0v) is 11.6. The molecule has 3 nitrogen and oxygen atoms in total. The van der Waals surface area contributed by atoms with Crippen molar-refractivity contribution in [1.82, 2.24) is 0 Å². The third-order valence-corrected chi connectivity index (χ3v) is 5.14. The maximum absolute atomic E-state index is 12.1. The zero-order valence-electron chi connectivity index (χ0n) is 10.0. The van der Waals surface area contributed by atoms with Crippen molar-refractivity contribution >= 4 is 25.5 Å². The van der Waals surface area contributed by atoms with E-state index in [-0.39, 0.29) is 17.0 Å². The average Bonchev–Trinajstić information content (AvgIpc) is 2.39. The largest absolute Gasteiger partial charge is 0.299 e. The molecule has 1 unspecified atom stereocenters. The van der Waals surface area contributed by atoms with Crippen LogP contribution in [0.2, 0.25) is 0 Å². The molecular weight excluding hydrogens is 248 g/mol. The quantitative estimate of drug-likeness (QED) is 0.735. The maximum Gasteiger partial charge on any atom is 0.233 e. The summed E-state index contributed by atoms with van der Waals surface area (Å²) in [5.74, 6) is -0.194. The van der Waals surface area contributed by atoms with Gasteiger partial charge in [-0.1, -0.05) is 27.2 Å². The molecule has 94 valence electrons. The van der Waals surface area contributed by atoms with E-state index in [1.54, 1.807) is 6.92 Å². The normalized spacial score (nSPS) is 29.2. The molecule has 0 amide bonds. The molecule has 1 rings (SSSR count). The number of halogens is 1. The first-order valence-electron chi connectivity index (χ1n) is 5.60. The van der Waals surface area contributed by atoms with Crippen LogP contribution in [-0.2, 0) is 13.8 Å². The summed E-state index contributed by atoms with van der Waals surface area (Å²) in [6, 6.07) is 0. The Hall–Kier alpha value is -0.0900. The third kappa shape index (κ3) is 2.43. The lowest BCUT2D eigenvalue weighted by Gasteiger charge is -2.39. The minimum Gasteiger partial charge on any atom is -0.299 e. The summed E-state index contributed by atoms with van der Waals surface area (Å²) < 4.78 is 22.6. The van der Waals surface area contributed by atoms with Crippen LogP contribution in [0, 0.1) is 10.8 Å². The minimum atomic E-state index is -3.64. The smallest absolute Gasteiger partial charge is 0.233 e. The highest BCUT2D eigenvalue weighted by atomic mass is 35.7. The van der Waals surface area contributed by atoms with E-state index in [0.29, 0.717) is 12.8 Å². The third-order valence-electron chi connectivity index (χ3n) is 3.97. The molecule has 0 N–H and O–H groups in total. The lowest BCUT2D eigenvalue weighted by molar-refractivity contribution is -0.131. The van der Waals surface area contributed by atoms with Gasteiger partial charge in [0.05, 0.1) is 5.75 Å². The van der Waals surface area contributed by atoms with Crippen LogP contribution in [0.15, 0.2) is 0 Å². The van der Waals surface area contributed by atoms with Crippen LogP contribution >= 0.6 is 10.7 Å². The Kier molecular flexibility index (Phi) is 3.75. The Morgan fingerprint density at radius 3 is 2.19 bits per heavy atom. The van der Waals surface area contributed by atoms with Gasteiger partial charge in [0, 0.05) is 22.5 Å². The summed E-state index contributed by atoms with van der Waals surface area (Å²) in [4.78, 5) is 12.1. The topological polar surface area (TPSA) is 51.2 Å². The summed E-state index contributed by atoms with van der Waals surface area (Å²) >= 11 is 0. The van der Waals surface area contributed by atoms with Crippen molar-refractivity contribution in [1.29, 1.82) is 0 Å². The van der Waals surface area contributed by atoms with E-state index in [0.717, 1.165) is 12.8 Å². The molecule has 0 saturated heterocycles. The molecule has 0 aliphatic heterocycles. The zero-order chi connectivity index (χ0) is 12.6. The van der Waals surface area contributed by atoms with Gasteiger partial charge in [-0.05, 0) is 18.3 Å². The monoisotopic (exact) mass is 266 g/mol. The van der Waals surface area contributed by atoms with Crippen LogP contribution in [0.4, 0.5) is 0 Å². The first kappa shape index (κ1) is 14.0. The summed E-state index contributed by atoms with van der Waals surface area (Å²) in [7, 11) is 1.71. The molecule has 0 bridgehead atoms. The number of carbonyl (C=O) groups is 1. The number of Topliss-reactive ketones (excluding diaryl/α,β-unsaturated/α-hetero) is 1. The highest BCUT2D eigenvalue weighted by Gasteiger charge is 2.54. The fourth-order valence-electron chi connectivity index (χ4n) is 2.91. The first-order chi connectivity index (χ1) is 7.15. The average molecular weight is 267 g/mol. The number of hydrogen-bond acceptors (Lipinski definition) is 3. The molecule has 16 heavy (non-hydrogen) atoms. The molecule has 0 spiro atoms. The van der Waals surface area contributed by atoms with Gasteiger partial charge in [-0.25, -0.2) is 8.42 Å². The molecule has 1 aliphatic rings. The highest BCUT2D eigenvalue weighted by molar-refractivity contribution is 8.13. The number of carbonyl (C=O) groups excluding carboxylic acids is 1. The van der Waals surface area contributed by atoms with Crippen LogP contribution in [0.1, 0.15) is 46.5 Å². The predicted octanol–water partition coefficient (Wildman–Crippen LogP) is 2.73. The fourth-order valence-corrected chi connectivity index (χ4v) is 4.75. The standard InChI is InChI=1S/C11H19ClO3S/c1-4-9(13)11(8-16(12,14)15)7-5-6-10(11,2)3/h4-8H2,1-3H3. The maximum atomic E-state index is 12.1. The lowest BCUT2D eigenvalue weighted by Crippen LogP contribution is -2.44. The van der Waals surface area contributed by atoms with Crippen LogP contribution < -0.4 is 0 Å².